The Hall–Kier alpha value is -2.21. The van der Waals surface area contributed by atoms with Crippen molar-refractivity contribution in [2.75, 3.05) is 7.11 Å². The molecule has 0 saturated heterocycles. The van der Waals surface area contributed by atoms with Crippen LogP contribution in [0.1, 0.15) is 11.1 Å². The molecule has 1 N–H and O–H groups in total. The summed E-state index contributed by atoms with van der Waals surface area (Å²) in [5.41, 5.74) is 0.714. The van der Waals surface area contributed by atoms with Gasteiger partial charge < -0.3 is 14.6 Å². The summed E-state index contributed by atoms with van der Waals surface area (Å²) in [4.78, 5) is 3.96. The minimum Gasteiger partial charge on any atom is -0.483 e. The van der Waals surface area contributed by atoms with E-state index in [-0.39, 0.29) is 12.2 Å². The van der Waals surface area contributed by atoms with Gasteiger partial charge in [0.1, 0.15) is 6.61 Å². The van der Waals surface area contributed by atoms with Gasteiger partial charge in [0.2, 0.25) is 5.88 Å². The predicted octanol–water partition coefficient (Wildman–Crippen LogP) is 2.44. The molecule has 20 heavy (non-hydrogen) atoms. The number of hydrogen-bond acceptors (Lipinski definition) is 4. The summed E-state index contributed by atoms with van der Waals surface area (Å²) >= 11 is 0. The minimum absolute atomic E-state index is 0.0800. The largest absolute Gasteiger partial charge is 0.483 e. The molecule has 6 heteroatoms. The van der Waals surface area contributed by atoms with E-state index in [4.69, 9.17) is 14.6 Å². The molecule has 0 aliphatic heterocycles. The molecule has 106 valence electrons. The molecule has 4 nitrogen and oxygen atoms in total. The molecular formula is C14H13F2NO3. The maximum Gasteiger partial charge on any atom is 0.219 e. The van der Waals surface area contributed by atoms with E-state index in [1.807, 2.05) is 0 Å². The molecule has 0 bridgehead atoms. The number of nitrogens with zero attached hydrogens (tertiary/aromatic N) is 1. The lowest BCUT2D eigenvalue weighted by atomic mass is 10.2. The average Bonchev–Trinajstić information content (AvgIpc) is 2.46. The maximum absolute atomic E-state index is 13.7. The number of aliphatic hydroxyl groups is 1. The minimum atomic E-state index is -0.864. The van der Waals surface area contributed by atoms with E-state index in [0.29, 0.717) is 11.4 Å². The van der Waals surface area contributed by atoms with Gasteiger partial charge in [-0.3, -0.25) is 0 Å². The lowest BCUT2D eigenvalue weighted by molar-refractivity contribution is 0.261. The van der Waals surface area contributed by atoms with E-state index in [2.05, 4.69) is 4.98 Å². The molecule has 0 amide bonds. The Balaban J connectivity index is 2.19. The van der Waals surface area contributed by atoms with Crippen molar-refractivity contribution in [3.63, 3.8) is 0 Å². The Kier molecular flexibility index (Phi) is 4.47. The maximum atomic E-state index is 13.7. The summed E-state index contributed by atoms with van der Waals surface area (Å²) in [5.74, 6) is -1.89. The van der Waals surface area contributed by atoms with Crippen LogP contribution in [0.4, 0.5) is 8.78 Å². The van der Waals surface area contributed by atoms with E-state index in [1.165, 1.54) is 7.11 Å². The summed E-state index contributed by atoms with van der Waals surface area (Å²) in [6.07, 6.45) is 1.54. The highest BCUT2D eigenvalue weighted by Crippen LogP contribution is 2.25. The van der Waals surface area contributed by atoms with Crippen molar-refractivity contribution < 1.29 is 23.4 Å². The molecule has 2 aromatic rings. The van der Waals surface area contributed by atoms with Gasteiger partial charge in [0.05, 0.1) is 19.3 Å². The second-order valence-electron chi connectivity index (χ2n) is 4.01. The van der Waals surface area contributed by atoms with Gasteiger partial charge >= 0.3 is 0 Å². The molecule has 1 heterocycles. The summed E-state index contributed by atoms with van der Waals surface area (Å²) in [6.45, 7) is -0.520. The summed E-state index contributed by atoms with van der Waals surface area (Å²) in [5, 5.41) is 8.85. The van der Waals surface area contributed by atoms with Crippen molar-refractivity contribution in [3.8, 4) is 11.6 Å². The van der Waals surface area contributed by atoms with E-state index in [1.54, 1.807) is 18.3 Å². The monoisotopic (exact) mass is 281 g/mol. The van der Waals surface area contributed by atoms with E-state index < -0.39 is 24.0 Å². The quantitative estimate of drug-likeness (QED) is 0.914. The Labute approximate surface area is 114 Å². The normalized spacial score (nSPS) is 10.4. The third-order valence-electron chi connectivity index (χ3n) is 2.66. The standard InChI is InChI=1S/C14H13F2NO3/c1-19-14-10(3-2-4-17-14)8-20-13-11(15)5-9(7-18)6-12(13)16/h2-6,18H,7-8H2,1H3. The van der Waals surface area contributed by atoms with Crippen LogP contribution in [0.5, 0.6) is 11.6 Å². The van der Waals surface area contributed by atoms with Crippen LogP contribution in [-0.2, 0) is 13.2 Å². The van der Waals surface area contributed by atoms with Crippen molar-refractivity contribution in [1.82, 2.24) is 4.98 Å². The fourth-order valence-electron chi connectivity index (χ4n) is 1.71. The fraction of sp³-hybridized carbons (Fsp3) is 0.214. The van der Waals surface area contributed by atoms with Crippen LogP contribution in [0, 0.1) is 11.6 Å². The highest BCUT2D eigenvalue weighted by molar-refractivity contribution is 5.32. The highest BCUT2D eigenvalue weighted by Gasteiger charge is 2.14. The van der Waals surface area contributed by atoms with Crippen molar-refractivity contribution in [2.45, 2.75) is 13.2 Å². The van der Waals surface area contributed by atoms with Crippen LogP contribution in [0.25, 0.3) is 0 Å². The summed E-state index contributed by atoms with van der Waals surface area (Å²) < 4.78 is 37.5. The number of methoxy groups -OCH3 is 1. The zero-order chi connectivity index (χ0) is 14.5. The number of halogens is 2. The van der Waals surface area contributed by atoms with Gasteiger partial charge in [0, 0.05) is 6.20 Å². The molecule has 0 aliphatic carbocycles. The lowest BCUT2D eigenvalue weighted by Crippen LogP contribution is -2.03. The van der Waals surface area contributed by atoms with Crippen LogP contribution < -0.4 is 9.47 Å². The number of aromatic nitrogens is 1. The van der Waals surface area contributed by atoms with Crippen molar-refractivity contribution in [3.05, 3.63) is 53.2 Å². The highest BCUT2D eigenvalue weighted by atomic mass is 19.1. The van der Waals surface area contributed by atoms with Gasteiger partial charge in [0.15, 0.2) is 17.4 Å². The first-order valence-electron chi connectivity index (χ1n) is 5.85. The second kappa shape index (κ2) is 6.29. The Morgan fingerprint density at radius 3 is 2.55 bits per heavy atom. The number of benzene rings is 1. The molecule has 2 rings (SSSR count). The molecule has 0 saturated carbocycles. The SMILES string of the molecule is COc1ncccc1COc1c(F)cc(CO)cc1F. The number of rotatable bonds is 5. The predicted molar refractivity (Wildman–Crippen MR) is 67.4 cm³/mol. The Bertz CT molecular complexity index is 582. The third kappa shape index (κ3) is 3.03. The number of aliphatic hydroxyl groups excluding tert-OH is 1. The smallest absolute Gasteiger partial charge is 0.219 e. The van der Waals surface area contributed by atoms with Gasteiger partial charge in [-0.2, -0.15) is 0 Å². The molecule has 0 unspecified atom stereocenters. The summed E-state index contributed by atoms with van der Waals surface area (Å²) in [6, 6.07) is 5.41. The molecule has 0 atom stereocenters. The molecule has 0 fully saturated rings. The van der Waals surface area contributed by atoms with Gasteiger partial charge in [-0.25, -0.2) is 13.8 Å². The van der Waals surface area contributed by atoms with Gasteiger partial charge in [0.25, 0.3) is 0 Å². The summed E-state index contributed by atoms with van der Waals surface area (Å²) in [7, 11) is 1.45. The topological polar surface area (TPSA) is 51.6 Å². The lowest BCUT2D eigenvalue weighted by Gasteiger charge is -2.11. The Morgan fingerprint density at radius 1 is 1.25 bits per heavy atom. The van der Waals surface area contributed by atoms with Crippen LogP contribution in [0.2, 0.25) is 0 Å². The zero-order valence-corrected chi connectivity index (χ0v) is 10.8. The van der Waals surface area contributed by atoms with Crippen LogP contribution in [-0.4, -0.2) is 17.2 Å². The van der Waals surface area contributed by atoms with Crippen molar-refractivity contribution in [2.24, 2.45) is 0 Å². The van der Waals surface area contributed by atoms with Crippen LogP contribution >= 0.6 is 0 Å². The molecule has 1 aromatic heterocycles. The number of hydrogen-bond donors (Lipinski definition) is 1. The van der Waals surface area contributed by atoms with Crippen molar-refractivity contribution in [1.29, 1.82) is 0 Å². The van der Waals surface area contributed by atoms with Gasteiger partial charge in [-0.1, -0.05) is 0 Å². The van der Waals surface area contributed by atoms with Crippen molar-refractivity contribution >= 4 is 0 Å². The molecule has 0 spiro atoms. The first-order valence-corrected chi connectivity index (χ1v) is 5.85. The third-order valence-corrected chi connectivity index (χ3v) is 2.66. The Morgan fingerprint density at radius 2 is 1.95 bits per heavy atom. The fourth-order valence-corrected chi connectivity index (χ4v) is 1.71. The van der Waals surface area contributed by atoms with Crippen LogP contribution in [0.3, 0.4) is 0 Å². The molecule has 1 aromatic carbocycles. The second-order valence-corrected chi connectivity index (χ2v) is 4.01. The zero-order valence-electron chi connectivity index (χ0n) is 10.8. The molecule has 0 aliphatic rings. The van der Waals surface area contributed by atoms with Gasteiger partial charge in [-0.05, 0) is 29.8 Å². The van der Waals surface area contributed by atoms with Crippen LogP contribution in [0.15, 0.2) is 30.5 Å². The van der Waals surface area contributed by atoms with Gasteiger partial charge in [-0.15, -0.1) is 0 Å². The van der Waals surface area contributed by atoms with E-state index >= 15 is 0 Å². The number of pyridine rings is 1. The number of ether oxygens (including phenoxy) is 2. The first-order chi connectivity index (χ1) is 9.65. The molecule has 0 radical (unpaired) electrons. The average molecular weight is 281 g/mol. The van der Waals surface area contributed by atoms with E-state index in [0.717, 1.165) is 12.1 Å². The first kappa shape index (κ1) is 14.2. The van der Waals surface area contributed by atoms with E-state index in [9.17, 15) is 8.78 Å². The molecular weight excluding hydrogens is 268 g/mol.